The van der Waals surface area contributed by atoms with Gasteiger partial charge in [-0.1, -0.05) is 18.2 Å². The molecule has 0 saturated carbocycles. The van der Waals surface area contributed by atoms with Gasteiger partial charge in [-0.25, -0.2) is 0 Å². The number of hydrogen-bond donors (Lipinski definition) is 2. The van der Waals surface area contributed by atoms with Gasteiger partial charge in [-0.05, 0) is 17.7 Å². The summed E-state index contributed by atoms with van der Waals surface area (Å²) in [5.74, 6) is 0.0349. The first-order valence-corrected chi connectivity index (χ1v) is 7.32. The molecule has 2 aliphatic heterocycles. The lowest BCUT2D eigenvalue weighted by Gasteiger charge is -2.39. The second-order valence-electron chi connectivity index (χ2n) is 5.63. The predicted octanol–water partition coefficient (Wildman–Crippen LogP) is 0.0894. The highest BCUT2D eigenvalue weighted by Crippen LogP contribution is 2.24. The second kappa shape index (κ2) is 5.81. The lowest BCUT2D eigenvalue weighted by molar-refractivity contribution is -0.142. The van der Waals surface area contributed by atoms with Crippen molar-refractivity contribution in [1.29, 1.82) is 0 Å². The maximum absolute atomic E-state index is 12.3. The molecule has 3 rings (SSSR count). The van der Waals surface area contributed by atoms with E-state index in [-0.39, 0.29) is 23.7 Å². The molecule has 0 radical (unpaired) electrons. The van der Waals surface area contributed by atoms with E-state index in [1.54, 1.807) is 35.2 Å². The molecule has 2 N–H and O–H groups in total. The fourth-order valence-corrected chi connectivity index (χ4v) is 3.15. The van der Waals surface area contributed by atoms with Crippen LogP contribution in [0.3, 0.4) is 0 Å². The zero-order valence-electron chi connectivity index (χ0n) is 12.2. The van der Waals surface area contributed by atoms with E-state index < -0.39 is 6.04 Å². The fourth-order valence-electron chi connectivity index (χ4n) is 3.15. The van der Waals surface area contributed by atoms with Gasteiger partial charge in [0.05, 0.1) is 13.1 Å². The SMILES string of the molecule is C=CCN1CC(=O)N2C1CNC(=O)[C@@H]2Cc1ccc(O)cc1. The minimum atomic E-state index is -0.509. The number of benzene rings is 1. The number of fused-ring (bicyclic) bond motifs is 1. The first kappa shape index (κ1) is 14.6. The number of carbonyl (C=O) groups excluding carboxylic acids is 2. The molecule has 2 amide bonds. The van der Waals surface area contributed by atoms with E-state index >= 15 is 0 Å². The summed E-state index contributed by atoms with van der Waals surface area (Å²) in [5, 5.41) is 12.2. The summed E-state index contributed by atoms with van der Waals surface area (Å²) >= 11 is 0. The summed E-state index contributed by atoms with van der Waals surface area (Å²) in [6, 6.07) is 6.21. The van der Waals surface area contributed by atoms with Crippen LogP contribution in [0.4, 0.5) is 0 Å². The van der Waals surface area contributed by atoms with Crippen molar-refractivity contribution in [3.05, 3.63) is 42.5 Å². The molecule has 116 valence electrons. The average molecular weight is 301 g/mol. The quantitative estimate of drug-likeness (QED) is 0.773. The van der Waals surface area contributed by atoms with Crippen molar-refractivity contribution in [2.24, 2.45) is 0 Å². The van der Waals surface area contributed by atoms with E-state index in [4.69, 9.17) is 0 Å². The Bertz CT molecular complexity index is 599. The number of aromatic hydroxyl groups is 1. The number of piperazine rings is 1. The average Bonchev–Trinajstić information content (AvgIpc) is 2.81. The van der Waals surface area contributed by atoms with Crippen LogP contribution in [0.25, 0.3) is 0 Å². The molecular weight excluding hydrogens is 282 g/mol. The van der Waals surface area contributed by atoms with E-state index in [0.29, 0.717) is 26.1 Å². The molecule has 6 heteroatoms. The summed E-state index contributed by atoms with van der Waals surface area (Å²) in [4.78, 5) is 28.3. The van der Waals surface area contributed by atoms with Crippen molar-refractivity contribution in [1.82, 2.24) is 15.1 Å². The topological polar surface area (TPSA) is 72.9 Å². The molecule has 6 nitrogen and oxygen atoms in total. The van der Waals surface area contributed by atoms with Crippen LogP contribution in [0.5, 0.6) is 5.75 Å². The Morgan fingerprint density at radius 3 is 2.73 bits per heavy atom. The second-order valence-corrected chi connectivity index (χ2v) is 5.63. The summed E-state index contributed by atoms with van der Waals surface area (Å²) in [6.07, 6.45) is 2.10. The standard InChI is InChI=1S/C16H19N3O3/c1-2-7-18-10-15(21)19-13(16(22)17-9-14(18)19)8-11-3-5-12(20)6-4-11/h2-6,13-14,20H,1,7-10H2,(H,17,22)/t13-,14?/m0/s1. The predicted molar refractivity (Wildman–Crippen MR) is 81.0 cm³/mol. The number of hydrogen-bond acceptors (Lipinski definition) is 4. The molecule has 2 aliphatic rings. The van der Waals surface area contributed by atoms with Crippen LogP contribution < -0.4 is 5.32 Å². The lowest BCUT2D eigenvalue weighted by Crippen LogP contribution is -2.62. The number of amides is 2. The fraction of sp³-hybridized carbons (Fsp3) is 0.375. The summed E-state index contributed by atoms with van der Waals surface area (Å²) in [6.45, 7) is 5.10. The van der Waals surface area contributed by atoms with Crippen LogP contribution in [0.15, 0.2) is 36.9 Å². The van der Waals surface area contributed by atoms with Gasteiger partial charge in [0.25, 0.3) is 0 Å². The maximum atomic E-state index is 12.3. The largest absolute Gasteiger partial charge is 0.508 e. The van der Waals surface area contributed by atoms with E-state index in [2.05, 4.69) is 11.9 Å². The summed E-state index contributed by atoms with van der Waals surface area (Å²) in [7, 11) is 0. The van der Waals surface area contributed by atoms with E-state index in [1.807, 2.05) is 4.90 Å². The third kappa shape index (κ3) is 2.57. The third-order valence-corrected chi connectivity index (χ3v) is 4.20. The van der Waals surface area contributed by atoms with Gasteiger partial charge in [-0.3, -0.25) is 14.5 Å². The zero-order valence-corrected chi connectivity index (χ0v) is 12.2. The molecule has 1 aromatic carbocycles. The van der Waals surface area contributed by atoms with Crippen LogP contribution in [-0.4, -0.2) is 58.6 Å². The first-order valence-electron chi connectivity index (χ1n) is 7.32. The molecule has 2 atom stereocenters. The molecule has 2 saturated heterocycles. The molecule has 1 aromatic rings. The Kier molecular flexibility index (Phi) is 3.85. The van der Waals surface area contributed by atoms with Gasteiger partial charge in [-0.15, -0.1) is 6.58 Å². The van der Waals surface area contributed by atoms with Crippen molar-refractivity contribution >= 4 is 11.8 Å². The van der Waals surface area contributed by atoms with Crippen molar-refractivity contribution in [3.63, 3.8) is 0 Å². The van der Waals surface area contributed by atoms with Gasteiger partial charge in [0.2, 0.25) is 11.8 Å². The Labute approximate surface area is 129 Å². The number of nitrogens with one attached hydrogen (secondary N) is 1. The van der Waals surface area contributed by atoms with Crippen molar-refractivity contribution < 1.29 is 14.7 Å². The zero-order chi connectivity index (χ0) is 15.7. The van der Waals surface area contributed by atoms with Gasteiger partial charge >= 0.3 is 0 Å². The van der Waals surface area contributed by atoms with E-state index in [1.165, 1.54) is 0 Å². The smallest absolute Gasteiger partial charge is 0.243 e. The Balaban J connectivity index is 1.82. The van der Waals surface area contributed by atoms with Crippen LogP contribution >= 0.6 is 0 Å². The van der Waals surface area contributed by atoms with Crippen LogP contribution in [0.1, 0.15) is 5.56 Å². The number of phenolic OH excluding ortho intramolecular Hbond substituents is 1. The summed E-state index contributed by atoms with van der Waals surface area (Å²) < 4.78 is 0. The molecule has 2 heterocycles. The molecule has 2 fully saturated rings. The van der Waals surface area contributed by atoms with Crippen molar-refractivity contribution in [2.45, 2.75) is 18.6 Å². The minimum absolute atomic E-state index is 0.0227. The van der Waals surface area contributed by atoms with Gasteiger partial charge in [0.15, 0.2) is 0 Å². The normalized spacial score (nSPS) is 25.0. The molecule has 0 bridgehead atoms. The monoisotopic (exact) mass is 301 g/mol. The highest BCUT2D eigenvalue weighted by molar-refractivity contribution is 5.91. The van der Waals surface area contributed by atoms with Crippen molar-refractivity contribution in [3.8, 4) is 5.75 Å². The Morgan fingerprint density at radius 1 is 1.32 bits per heavy atom. The molecule has 1 unspecified atom stereocenters. The molecular formula is C16H19N3O3. The van der Waals surface area contributed by atoms with Crippen LogP contribution in [0, 0.1) is 0 Å². The van der Waals surface area contributed by atoms with Gasteiger partial charge in [-0.2, -0.15) is 0 Å². The number of carbonyl (C=O) groups is 2. The number of rotatable bonds is 4. The van der Waals surface area contributed by atoms with Crippen LogP contribution in [0.2, 0.25) is 0 Å². The van der Waals surface area contributed by atoms with E-state index in [9.17, 15) is 14.7 Å². The van der Waals surface area contributed by atoms with Gasteiger partial charge in [0.1, 0.15) is 18.0 Å². The lowest BCUT2D eigenvalue weighted by atomic mass is 10.0. The number of phenols is 1. The molecule has 0 aliphatic carbocycles. The molecule has 22 heavy (non-hydrogen) atoms. The highest BCUT2D eigenvalue weighted by Gasteiger charge is 2.46. The number of nitrogens with zero attached hydrogens (tertiary/aromatic N) is 2. The molecule has 0 spiro atoms. The van der Waals surface area contributed by atoms with Crippen molar-refractivity contribution in [2.75, 3.05) is 19.6 Å². The Hall–Kier alpha value is -2.34. The first-order chi connectivity index (χ1) is 10.6. The maximum Gasteiger partial charge on any atom is 0.243 e. The van der Waals surface area contributed by atoms with Gasteiger partial charge < -0.3 is 15.3 Å². The Morgan fingerprint density at radius 2 is 2.05 bits per heavy atom. The molecule has 0 aromatic heterocycles. The van der Waals surface area contributed by atoms with E-state index in [0.717, 1.165) is 5.56 Å². The highest BCUT2D eigenvalue weighted by atomic mass is 16.3. The minimum Gasteiger partial charge on any atom is -0.508 e. The van der Waals surface area contributed by atoms with Gasteiger partial charge in [0, 0.05) is 13.0 Å². The summed E-state index contributed by atoms with van der Waals surface area (Å²) in [5.41, 5.74) is 0.911. The third-order valence-electron chi connectivity index (χ3n) is 4.20. The van der Waals surface area contributed by atoms with Crippen LogP contribution in [-0.2, 0) is 16.0 Å².